The molecule has 1 aromatic carbocycles. The number of hydrogen-bond acceptors (Lipinski definition) is 2. The number of hydrogen-bond donors (Lipinski definition) is 0. The standard InChI is InChI=1S/C14H12N2.C2H4Cl.3ClH.Pt/c1-9-3-5-11-7-8-12-6-4-10(2)16-14(12)13(11)15-9;1-2-3;;;;/h3-8H,1-2H3;1-2H2;3*1H;/q;-1;;;;+3/p-3. The van der Waals surface area contributed by atoms with Crippen LogP contribution in [0.3, 0.4) is 0 Å². The maximum absolute atomic E-state index is 4.96. The summed E-state index contributed by atoms with van der Waals surface area (Å²) in [4.78, 5) is 9.16. The van der Waals surface area contributed by atoms with E-state index >= 15 is 0 Å². The van der Waals surface area contributed by atoms with Gasteiger partial charge in [-0.1, -0.05) is 24.3 Å². The second kappa shape index (κ2) is 10.7. The first-order valence-corrected chi connectivity index (χ1v) is 15.5. The van der Waals surface area contributed by atoms with Crippen LogP contribution in [0.5, 0.6) is 0 Å². The summed E-state index contributed by atoms with van der Waals surface area (Å²) in [6, 6.07) is 12.5. The molecule has 2 heterocycles. The Morgan fingerprint density at radius 3 is 1.39 bits per heavy atom. The van der Waals surface area contributed by atoms with Crippen molar-refractivity contribution in [3.63, 3.8) is 0 Å². The number of aryl methyl sites for hydroxylation is 2. The molecule has 0 amide bonds. The number of fused-ring (bicyclic) bond motifs is 3. The summed E-state index contributed by atoms with van der Waals surface area (Å²) in [5.74, 6) is 0.472. The van der Waals surface area contributed by atoms with Gasteiger partial charge in [-0.25, -0.2) is 0 Å². The zero-order chi connectivity index (χ0) is 17.4. The van der Waals surface area contributed by atoms with Gasteiger partial charge in [0.2, 0.25) is 0 Å². The van der Waals surface area contributed by atoms with Crippen LogP contribution in [0.25, 0.3) is 21.8 Å². The molecule has 0 bridgehead atoms. The molecule has 3 rings (SSSR count). The molecule has 0 saturated heterocycles. The van der Waals surface area contributed by atoms with Crippen molar-refractivity contribution in [3.8, 4) is 0 Å². The third-order valence-electron chi connectivity index (χ3n) is 2.80. The van der Waals surface area contributed by atoms with Gasteiger partial charge in [-0.3, -0.25) is 9.97 Å². The molecule has 0 fully saturated rings. The number of nitrogens with zero attached hydrogens (tertiary/aromatic N) is 2. The van der Waals surface area contributed by atoms with Gasteiger partial charge in [0, 0.05) is 22.2 Å². The average Bonchev–Trinajstić information content (AvgIpc) is 2.47. The first-order chi connectivity index (χ1) is 10.9. The van der Waals surface area contributed by atoms with Crippen LogP contribution in [0.2, 0.25) is 0 Å². The average molecular weight is 573 g/mol. The number of alkyl halides is 1. The SMILES string of the molecule is Cc1ccc2ccc3ccc(C)nc3c2n1.[CH2-]CCl.[Cl][Pt]([Cl])[Cl]. The first kappa shape index (κ1) is 20.9. The molecule has 2 aromatic heterocycles. The van der Waals surface area contributed by atoms with E-state index in [0.717, 1.165) is 33.2 Å². The van der Waals surface area contributed by atoms with E-state index in [1.807, 2.05) is 26.0 Å². The number of benzene rings is 1. The second-order valence-corrected chi connectivity index (χ2v) is 14.7. The van der Waals surface area contributed by atoms with Crippen molar-refractivity contribution in [2.75, 3.05) is 5.88 Å². The van der Waals surface area contributed by atoms with Gasteiger partial charge in [-0.15, -0.1) is 5.88 Å². The molecule has 0 unspecified atom stereocenters. The Morgan fingerprint density at radius 1 is 0.826 bits per heavy atom. The molecule has 0 aliphatic heterocycles. The summed E-state index contributed by atoms with van der Waals surface area (Å²) in [5, 5.41) is 2.30. The molecule has 7 heteroatoms. The Kier molecular flexibility index (Phi) is 9.73. The van der Waals surface area contributed by atoms with Crippen molar-refractivity contribution in [2.45, 2.75) is 13.8 Å². The third-order valence-corrected chi connectivity index (χ3v) is 2.80. The topological polar surface area (TPSA) is 25.8 Å². The molecule has 0 N–H and O–H groups in total. The van der Waals surface area contributed by atoms with E-state index in [4.69, 9.17) is 39.9 Å². The van der Waals surface area contributed by atoms with E-state index in [1.54, 1.807) is 0 Å². The minimum atomic E-state index is -1.85. The van der Waals surface area contributed by atoms with Gasteiger partial charge in [-0.2, -0.15) is 11.6 Å². The molecule has 0 spiro atoms. The second-order valence-electron chi connectivity index (χ2n) is 4.44. The number of pyridine rings is 2. The molecular formula is C16H16Cl4N2Pt-. The third kappa shape index (κ3) is 7.11. The van der Waals surface area contributed by atoms with Crippen LogP contribution in [0.15, 0.2) is 36.4 Å². The van der Waals surface area contributed by atoms with Crippen molar-refractivity contribution in [1.82, 2.24) is 9.97 Å². The summed E-state index contributed by atoms with van der Waals surface area (Å²) in [6.07, 6.45) is 0. The quantitative estimate of drug-likeness (QED) is 0.174. The molecule has 0 saturated carbocycles. The van der Waals surface area contributed by atoms with E-state index in [-0.39, 0.29) is 0 Å². The predicted molar refractivity (Wildman–Crippen MR) is 100 cm³/mol. The number of rotatable bonds is 0. The molecule has 2 nitrogen and oxygen atoms in total. The maximum atomic E-state index is 4.96. The van der Waals surface area contributed by atoms with Crippen LogP contribution >= 0.6 is 39.9 Å². The molecule has 0 radical (unpaired) electrons. The van der Waals surface area contributed by atoms with Crippen LogP contribution in [-0.2, 0) is 14.2 Å². The van der Waals surface area contributed by atoms with E-state index in [1.165, 1.54) is 0 Å². The molecule has 3 aromatic rings. The van der Waals surface area contributed by atoms with E-state index in [0.29, 0.717) is 5.88 Å². The normalized spacial score (nSPS) is 10.5. The Hall–Kier alpha value is -0.112. The van der Waals surface area contributed by atoms with E-state index in [9.17, 15) is 0 Å². The monoisotopic (exact) mass is 571 g/mol. The van der Waals surface area contributed by atoms with Crippen molar-refractivity contribution < 1.29 is 14.2 Å². The Labute approximate surface area is 159 Å². The van der Waals surface area contributed by atoms with E-state index in [2.05, 4.69) is 41.2 Å². The van der Waals surface area contributed by atoms with Crippen LogP contribution in [0.4, 0.5) is 0 Å². The first-order valence-electron chi connectivity index (χ1n) is 6.50. The summed E-state index contributed by atoms with van der Waals surface area (Å²) < 4.78 is 0. The van der Waals surface area contributed by atoms with E-state index < -0.39 is 14.2 Å². The van der Waals surface area contributed by atoms with Crippen LogP contribution < -0.4 is 0 Å². The van der Waals surface area contributed by atoms with Crippen molar-refractivity contribution >= 4 is 61.7 Å². The zero-order valence-corrected chi connectivity index (χ0v) is 17.9. The van der Waals surface area contributed by atoms with Gasteiger partial charge >= 0.3 is 42.4 Å². The Morgan fingerprint density at radius 2 is 1.09 bits per heavy atom. The van der Waals surface area contributed by atoms with Crippen LogP contribution in [-0.4, -0.2) is 15.8 Å². The predicted octanol–water partition coefficient (Wildman–Crippen LogP) is 6.53. The van der Waals surface area contributed by atoms with Crippen LogP contribution in [0.1, 0.15) is 11.4 Å². The summed E-state index contributed by atoms with van der Waals surface area (Å²) in [6.45, 7) is 7.27. The molecular weight excluding hydrogens is 557 g/mol. The molecule has 23 heavy (non-hydrogen) atoms. The fourth-order valence-corrected chi connectivity index (χ4v) is 1.96. The minimum absolute atomic E-state index is 0.472. The van der Waals surface area contributed by atoms with Gasteiger partial charge in [0.05, 0.1) is 11.0 Å². The van der Waals surface area contributed by atoms with Gasteiger partial charge < -0.3 is 6.92 Å². The van der Waals surface area contributed by atoms with Crippen molar-refractivity contribution in [1.29, 1.82) is 0 Å². The Balaban J connectivity index is 0.000000325. The number of halogens is 4. The Bertz CT molecular complexity index is 702. The van der Waals surface area contributed by atoms with Crippen molar-refractivity contribution in [3.05, 3.63) is 54.7 Å². The summed E-state index contributed by atoms with van der Waals surface area (Å²) in [5.41, 5.74) is 4.06. The van der Waals surface area contributed by atoms with Crippen LogP contribution in [0, 0.1) is 20.8 Å². The molecule has 0 aliphatic rings. The fourth-order valence-electron chi connectivity index (χ4n) is 1.96. The molecule has 0 aliphatic carbocycles. The van der Waals surface area contributed by atoms with Gasteiger partial charge in [0.1, 0.15) is 0 Å². The molecule has 129 valence electrons. The summed E-state index contributed by atoms with van der Waals surface area (Å²) in [7, 11) is 14.9. The fraction of sp³-hybridized carbons (Fsp3) is 0.188. The van der Waals surface area contributed by atoms with Gasteiger partial charge in [-0.05, 0) is 26.0 Å². The summed E-state index contributed by atoms with van der Waals surface area (Å²) >= 11 is 3.04. The number of aromatic nitrogens is 2. The van der Waals surface area contributed by atoms with Gasteiger partial charge in [0.15, 0.2) is 0 Å². The molecule has 0 atom stereocenters. The van der Waals surface area contributed by atoms with Gasteiger partial charge in [0.25, 0.3) is 0 Å². The van der Waals surface area contributed by atoms with Crippen molar-refractivity contribution in [2.24, 2.45) is 0 Å². The zero-order valence-electron chi connectivity index (χ0n) is 12.6.